The van der Waals surface area contributed by atoms with E-state index < -0.39 is 5.91 Å². The van der Waals surface area contributed by atoms with Crippen molar-refractivity contribution in [3.63, 3.8) is 0 Å². The van der Waals surface area contributed by atoms with Gasteiger partial charge in [0.05, 0.1) is 5.69 Å². The minimum atomic E-state index is -0.410. The predicted octanol–water partition coefficient (Wildman–Crippen LogP) is 3.88. The summed E-state index contributed by atoms with van der Waals surface area (Å²) < 4.78 is 1.51. The Morgan fingerprint density at radius 2 is 1.90 bits per heavy atom. The molecular formula is C23H18N4O2S. The zero-order chi connectivity index (χ0) is 20.5. The van der Waals surface area contributed by atoms with Crippen molar-refractivity contribution in [1.82, 2.24) is 19.7 Å². The summed E-state index contributed by atoms with van der Waals surface area (Å²) in [6.45, 7) is 0.429. The molecule has 0 spiro atoms. The molecule has 0 aliphatic rings. The summed E-state index contributed by atoms with van der Waals surface area (Å²) in [5, 5.41) is 5.88. The second kappa shape index (κ2) is 7.61. The summed E-state index contributed by atoms with van der Waals surface area (Å²) >= 11 is 1.38. The van der Waals surface area contributed by atoms with Gasteiger partial charge in [0.15, 0.2) is 4.96 Å². The molecule has 0 bridgehead atoms. The van der Waals surface area contributed by atoms with Gasteiger partial charge < -0.3 is 10.3 Å². The molecule has 7 heteroatoms. The second-order valence-electron chi connectivity index (χ2n) is 6.95. The van der Waals surface area contributed by atoms with Crippen LogP contribution in [0.5, 0.6) is 0 Å². The van der Waals surface area contributed by atoms with Gasteiger partial charge in [-0.1, -0.05) is 48.5 Å². The Morgan fingerprint density at radius 3 is 2.77 bits per heavy atom. The van der Waals surface area contributed by atoms with Crippen LogP contribution in [0.25, 0.3) is 27.1 Å². The van der Waals surface area contributed by atoms with Crippen LogP contribution in [0.15, 0.2) is 77.2 Å². The number of nitrogens with one attached hydrogen (secondary N) is 2. The number of carbonyl (C=O) groups is 1. The fourth-order valence-corrected chi connectivity index (χ4v) is 4.46. The first kappa shape index (κ1) is 18.3. The standard InChI is InChI=1S/C23H18N4O2S/c28-21(24-11-10-16-12-25-19-9-5-4-8-17(16)19)18-13-26-23-27(22(18)29)20(14-30-23)15-6-2-1-3-7-15/h1-9,12-14,25H,10-11H2,(H,24,28). The molecule has 2 aromatic carbocycles. The van der Waals surface area contributed by atoms with E-state index in [0.29, 0.717) is 17.9 Å². The Bertz CT molecular complexity index is 1420. The monoisotopic (exact) mass is 414 g/mol. The predicted molar refractivity (Wildman–Crippen MR) is 119 cm³/mol. The van der Waals surface area contributed by atoms with E-state index in [2.05, 4.69) is 21.4 Å². The first-order chi connectivity index (χ1) is 14.7. The first-order valence-electron chi connectivity index (χ1n) is 9.60. The van der Waals surface area contributed by atoms with Gasteiger partial charge in [0.1, 0.15) is 5.56 Å². The molecule has 0 atom stereocenters. The van der Waals surface area contributed by atoms with Crippen LogP contribution in [0.4, 0.5) is 0 Å². The molecule has 2 N–H and O–H groups in total. The van der Waals surface area contributed by atoms with Crippen LogP contribution in [0.2, 0.25) is 0 Å². The SMILES string of the molecule is O=C(NCCc1c[nH]c2ccccc12)c1cnc2scc(-c3ccccc3)n2c1=O. The summed E-state index contributed by atoms with van der Waals surface area (Å²) in [4.78, 5) is 33.9. The van der Waals surface area contributed by atoms with E-state index in [-0.39, 0.29) is 11.1 Å². The third kappa shape index (κ3) is 3.19. The molecule has 0 fully saturated rings. The Morgan fingerprint density at radius 1 is 1.10 bits per heavy atom. The van der Waals surface area contributed by atoms with Gasteiger partial charge in [-0.3, -0.25) is 14.0 Å². The fraction of sp³-hybridized carbons (Fsp3) is 0.0870. The normalized spacial score (nSPS) is 11.2. The van der Waals surface area contributed by atoms with E-state index >= 15 is 0 Å². The lowest BCUT2D eigenvalue weighted by molar-refractivity contribution is 0.0952. The van der Waals surface area contributed by atoms with Crippen LogP contribution in [0.3, 0.4) is 0 Å². The number of hydrogen-bond donors (Lipinski definition) is 2. The number of benzene rings is 2. The molecule has 6 nitrogen and oxygen atoms in total. The smallest absolute Gasteiger partial charge is 0.271 e. The Balaban J connectivity index is 1.38. The van der Waals surface area contributed by atoms with Crippen molar-refractivity contribution in [2.24, 2.45) is 0 Å². The Kier molecular flexibility index (Phi) is 4.65. The zero-order valence-electron chi connectivity index (χ0n) is 16.0. The number of thiazole rings is 1. The highest BCUT2D eigenvalue weighted by atomic mass is 32.1. The van der Waals surface area contributed by atoms with Crippen molar-refractivity contribution in [2.75, 3.05) is 6.54 Å². The van der Waals surface area contributed by atoms with Crippen molar-refractivity contribution < 1.29 is 4.79 Å². The van der Waals surface area contributed by atoms with Gasteiger partial charge >= 0.3 is 0 Å². The molecule has 3 aromatic heterocycles. The van der Waals surface area contributed by atoms with Gasteiger partial charge in [-0.15, -0.1) is 11.3 Å². The molecule has 0 aliphatic carbocycles. The van der Waals surface area contributed by atoms with Crippen LogP contribution in [0, 0.1) is 0 Å². The largest absolute Gasteiger partial charge is 0.361 e. The van der Waals surface area contributed by atoms with Gasteiger partial charge in [-0.25, -0.2) is 4.98 Å². The molecule has 1 amide bonds. The highest BCUT2D eigenvalue weighted by molar-refractivity contribution is 7.15. The van der Waals surface area contributed by atoms with Crippen molar-refractivity contribution in [1.29, 1.82) is 0 Å². The van der Waals surface area contributed by atoms with Crippen LogP contribution in [-0.4, -0.2) is 26.8 Å². The van der Waals surface area contributed by atoms with E-state index in [1.165, 1.54) is 21.9 Å². The number of aromatic nitrogens is 3. The molecule has 0 saturated carbocycles. The molecule has 0 radical (unpaired) electrons. The minimum Gasteiger partial charge on any atom is -0.361 e. The third-order valence-electron chi connectivity index (χ3n) is 5.11. The maximum Gasteiger partial charge on any atom is 0.271 e. The molecule has 0 aliphatic heterocycles. The highest BCUT2D eigenvalue weighted by Crippen LogP contribution is 2.23. The van der Waals surface area contributed by atoms with Crippen LogP contribution < -0.4 is 10.9 Å². The number of carbonyl (C=O) groups excluding carboxylic acids is 1. The first-order valence-corrected chi connectivity index (χ1v) is 10.5. The lowest BCUT2D eigenvalue weighted by Crippen LogP contribution is -2.32. The summed E-state index contributed by atoms with van der Waals surface area (Å²) in [5.41, 5.74) is 3.52. The average Bonchev–Trinajstić information content (AvgIpc) is 3.40. The average molecular weight is 414 g/mol. The van der Waals surface area contributed by atoms with Crippen molar-refractivity contribution in [2.45, 2.75) is 6.42 Å². The number of fused-ring (bicyclic) bond motifs is 2. The number of aromatic amines is 1. The van der Waals surface area contributed by atoms with E-state index in [1.807, 2.05) is 60.1 Å². The van der Waals surface area contributed by atoms with Crippen molar-refractivity contribution in [3.05, 3.63) is 93.9 Å². The summed E-state index contributed by atoms with van der Waals surface area (Å²) in [6.07, 6.45) is 3.99. The number of para-hydroxylation sites is 1. The number of hydrogen-bond acceptors (Lipinski definition) is 4. The molecule has 5 aromatic rings. The van der Waals surface area contributed by atoms with Gasteiger partial charge in [0.2, 0.25) is 0 Å². The molecule has 3 heterocycles. The van der Waals surface area contributed by atoms with Gasteiger partial charge in [-0.05, 0) is 23.6 Å². The number of rotatable bonds is 5. The lowest BCUT2D eigenvalue weighted by Gasteiger charge is -2.06. The summed E-state index contributed by atoms with van der Waals surface area (Å²) in [5.74, 6) is -0.410. The van der Waals surface area contributed by atoms with Crippen LogP contribution in [-0.2, 0) is 6.42 Å². The van der Waals surface area contributed by atoms with E-state index in [4.69, 9.17) is 0 Å². The van der Waals surface area contributed by atoms with Crippen molar-refractivity contribution >= 4 is 33.1 Å². The second-order valence-corrected chi connectivity index (χ2v) is 7.78. The maximum absolute atomic E-state index is 13.1. The Labute approximate surface area is 175 Å². The summed E-state index contributed by atoms with van der Waals surface area (Å²) in [7, 11) is 0. The van der Waals surface area contributed by atoms with Gasteiger partial charge in [0, 0.05) is 35.2 Å². The molecule has 0 saturated heterocycles. The molecule has 30 heavy (non-hydrogen) atoms. The number of H-pyrrole nitrogens is 1. The van der Waals surface area contributed by atoms with E-state index in [1.54, 1.807) is 0 Å². The molecule has 148 valence electrons. The van der Waals surface area contributed by atoms with Crippen LogP contribution >= 0.6 is 11.3 Å². The topological polar surface area (TPSA) is 79.3 Å². The highest BCUT2D eigenvalue weighted by Gasteiger charge is 2.17. The lowest BCUT2D eigenvalue weighted by atomic mass is 10.1. The maximum atomic E-state index is 13.1. The van der Waals surface area contributed by atoms with Gasteiger partial charge in [0.25, 0.3) is 11.5 Å². The van der Waals surface area contributed by atoms with Crippen LogP contribution in [0.1, 0.15) is 15.9 Å². The molecule has 0 unspecified atom stereocenters. The quantitative estimate of drug-likeness (QED) is 0.458. The minimum absolute atomic E-state index is 0.0435. The number of amides is 1. The van der Waals surface area contributed by atoms with E-state index in [0.717, 1.165) is 27.7 Å². The number of nitrogens with zero attached hydrogens (tertiary/aromatic N) is 2. The van der Waals surface area contributed by atoms with Gasteiger partial charge in [-0.2, -0.15) is 0 Å². The summed E-state index contributed by atoms with van der Waals surface area (Å²) in [6, 6.07) is 17.7. The van der Waals surface area contributed by atoms with E-state index in [9.17, 15) is 9.59 Å². The molecular weight excluding hydrogens is 396 g/mol. The molecule has 5 rings (SSSR count). The fourth-order valence-electron chi connectivity index (χ4n) is 3.60. The Hall–Kier alpha value is -3.71. The third-order valence-corrected chi connectivity index (χ3v) is 5.95. The van der Waals surface area contributed by atoms with Crippen molar-refractivity contribution in [3.8, 4) is 11.3 Å². The zero-order valence-corrected chi connectivity index (χ0v) is 16.8.